The molecule has 0 aliphatic carbocycles. The zero-order valence-electron chi connectivity index (χ0n) is 14.1. The Hall–Kier alpha value is -1.79. The molecule has 2 N–H and O–H groups in total. The number of nitrogens with zero attached hydrogens (tertiary/aromatic N) is 2. The molecule has 3 rings (SSSR count). The van der Waals surface area contributed by atoms with Crippen molar-refractivity contribution in [3.05, 3.63) is 48.3 Å². The Kier molecular flexibility index (Phi) is 5.58. The van der Waals surface area contributed by atoms with Crippen molar-refractivity contribution in [3.8, 4) is 0 Å². The van der Waals surface area contributed by atoms with Gasteiger partial charge in [-0.15, -0.1) is 11.8 Å². The van der Waals surface area contributed by atoms with Crippen molar-refractivity contribution in [1.29, 1.82) is 0 Å². The molecule has 0 saturated carbocycles. The largest absolute Gasteiger partial charge is 0.355 e. The zero-order valence-corrected chi connectivity index (χ0v) is 14.9. The molecule has 128 valence electrons. The number of benzene rings is 1. The highest BCUT2D eigenvalue weighted by Crippen LogP contribution is 2.28. The van der Waals surface area contributed by atoms with Crippen LogP contribution < -0.4 is 10.6 Å². The standard InChI is InChI=1S/C18H24N4OS/c1-13(24-15-6-4-3-5-7-15)8-20-18(23)17-11-19-10-16(17)14-9-21-22(2)12-14/h3-7,9,12-13,16-17,19H,8,10-11H2,1-2H3,(H,20,23)/t13?,16-,17+/m1/s1. The van der Waals surface area contributed by atoms with Crippen molar-refractivity contribution in [3.63, 3.8) is 0 Å². The Morgan fingerprint density at radius 1 is 1.42 bits per heavy atom. The summed E-state index contributed by atoms with van der Waals surface area (Å²) >= 11 is 1.78. The number of hydrogen-bond donors (Lipinski definition) is 2. The monoisotopic (exact) mass is 344 g/mol. The molecule has 6 heteroatoms. The lowest BCUT2D eigenvalue weighted by molar-refractivity contribution is -0.124. The van der Waals surface area contributed by atoms with Crippen LogP contribution >= 0.6 is 11.8 Å². The molecule has 1 amide bonds. The van der Waals surface area contributed by atoms with Crippen molar-refractivity contribution in [1.82, 2.24) is 20.4 Å². The molecule has 1 saturated heterocycles. The molecule has 0 spiro atoms. The predicted octanol–water partition coefficient (Wildman–Crippen LogP) is 2.02. The Morgan fingerprint density at radius 3 is 2.92 bits per heavy atom. The summed E-state index contributed by atoms with van der Waals surface area (Å²) in [7, 11) is 1.91. The van der Waals surface area contributed by atoms with E-state index < -0.39 is 0 Å². The maximum atomic E-state index is 12.6. The third kappa shape index (κ3) is 4.19. The number of nitrogens with one attached hydrogen (secondary N) is 2. The van der Waals surface area contributed by atoms with Gasteiger partial charge in [0.25, 0.3) is 0 Å². The fraction of sp³-hybridized carbons (Fsp3) is 0.444. The molecule has 1 unspecified atom stereocenters. The minimum atomic E-state index is -0.0249. The molecule has 0 radical (unpaired) electrons. The van der Waals surface area contributed by atoms with Crippen LogP contribution in [0.25, 0.3) is 0 Å². The Labute approximate surface area is 147 Å². The Balaban J connectivity index is 1.52. The van der Waals surface area contributed by atoms with E-state index >= 15 is 0 Å². The van der Waals surface area contributed by atoms with Crippen molar-refractivity contribution in [2.45, 2.75) is 23.0 Å². The van der Waals surface area contributed by atoms with E-state index in [1.807, 2.05) is 37.6 Å². The first-order valence-electron chi connectivity index (χ1n) is 8.32. The van der Waals surface area contributed by atoms with Crippen LogP contribution in [0.2, 0.25) is 0 Å². The number of aromatic nitrogens is 2. The minimum absolute atomic E-state index is 0.0249. The molecule has 0 bridgehead atoms. The summed E-state index contributed by atoms with van der Waals surface area (Å²) in [6.45, 7) is 4.38. The van der Waals surface area contributed by atoms with Crippen LogP contribution in [0.4, 0.5) is 0 Å². The van der Waals surface area contributed by atoms with Crippen molar-refractivity contribution in [2.75, 3.05) is 19.6 Å². The number of amides is 1. The number of aryl methyl sites for hydroxylation is 1. The summed E-state index contributed by atoms with van der Waals surface area (Å²) in [5.41, 5.74) is 1.13. The smallest absolute Gasteiger partial charge is 0.225 e. The average molecular weight is 344 g/mol. The molecule has 2 heterocycles. The van der Waals surface area contributed by atoms with Gasteiger partial charge in [-0.2, -0.15) is 5.10 Å². The summed E-state index contributed by atoms with van der Waals surface area (Å²) < 4.78 is 1.79. The molecule has 1 aromatic carbocycles. The Bertz CT molecular complexity index is 673. The molecule has 2 aromatic rings. The summed E-state index contributed by atoms with van der Waals surface area (Å²) in [6.07, 6.45) is 3.87. The molecular formula is C18H24N4OS. The van der Waals surface area contributed by atoms with Crippen LogP contribution in [-0.4, -0.2) is 40.6 Å². The van der Waals surface area contributed by atoms with Gasteiger partial charge in [0.2, 0.25) is 5.91 Å². The van der Waals surface area contributed by atoms with Gasteiger partial charge in [-0.05, 0) is 17.7 Å². The van der Waals surface area contributed by atoms with Crippen molar-refractivity contribution < 1.29 is 4.79 Å². The SMILES string of the molecule is CC(CNC(=O)[C@H]1CNC[C@@H]1c1cnn(C)c1)Sc1ccccc1. The molecule has 1 aliphatic rings. The second-order valence-electron chi connectivity index (χ2n) is 6.31. The van der Waals surface area contributed by atoms with E-state index in [-0.39, 0.29) is 17.7 Å². The summed E-state index contributed by atoms with van der Waals surface area (Å²) in [4.78, 5) is 13.8. The number of rotatable bonds is 6. The number of carbonyl (C=O) groups excluding carboxylic acids is 1. The van der Waals surface area contributed by atoms with Gasteiger partial charge in [-0.3, -0.25) is 9.48 Å². The zero-order chi connectivity index (χ0) is 16.9. The summed E-state index contributed by atoms with van der Waals surface area (Å²) in [5.74, 6) is 0.313. The predicted molar refractivity (Wildman–Crippen MR) is 97.1 cm³/mol. The third-order valence-corrected chi connectivity index (χ3v) is 5.46. The molecule has 1 fully saturated rings. The van der Waals surface area contributed by atoms with Crippen LogP contribution in [-0.2, 0) is 11.8 Å². The van der Waals surface area contributed by atoms with Gasteiger partial charge in [0.1, 0.15) is 0 Å². The minimum Gasteiger partial charge on any atom is -0.355 e. The molecule has 24 heavy (non-hydrogen) atoms. The van der Waals surface area contributed by atoms with Crippen LogP contribution in [0.15, 0.2) is 47.6 Å². The van der Waals surface area contributed by atoms with E-state index in [4.69, 9.17) is 0 Å². The molecule has 1 aliphatic heterocycles. The van der Waals surface area contributed by atoms with E-state index in [0.29, 0.717) is 11.8 Å². The van der Waals surface area contributed by atoms with Gasteiger partial charge in [0, 0.05) is 48.9 Å². The second-order valence-corrected chi connectivity index (χ2v) is 7.82. The van der Waals surface area contributed by atoms with Crippen molar-refractivity contribution >= 4 is 17.7 Å². The van der Waals surface area contributed by atoms with Gasteiger partial charge >= 0.3 is 0 Å². The Morgan fingerprint density at radius 2 is 2.21 bits per heavy atom. The maximum absolute atomic E-state index is 12.6. The van der Waals surface area contributed by atoms with Gasteiger partial charge in [-0.25, -0.2) is 0 Å². The second kappa shape index (κ2) is 7.85. The van der Waals surface area contributed by atoms with Gasteiger partial charge in [0.05, 0.1) is 12.1 Å². The van der Waals surface area contributed by atoms with E-state index in [2.05, 4.69) is 34.8 Å². The number of thioether (sulfide) groups is 1. The third-order valence-electron chi connectivity index (χ3n) is 4.35. The maximum Gasteiger partial charge on any atom is 0.225 e. The van der Waals surface area contributed by atoms with Crippen LogP contribution in [0, 0.1) is 5.92 Å². The highest BCUT2D eigenvalue weighted by Gasteiger charge is 2.34. The molecule has 1 aromatic heterocycles. The quantitative estimate of drug-likeness (QED) is 0.787. The van der Waals surface area contributed by atoms with E-state index in [1.54, 1.807) is 16.4 Å². The van der Waals surface area contributed by atoms with Crippen LogP contribution in [0.5, 0.6) is 0 Å². The highest BCUT2D eigenvalue weighted by atomic mass is 32.2. The first-order valence-corrected chi connectivity index (χ1v) is 9.20. The van der Waals surface area contributed by atoms with E-state index in [9.17, 15) is 4.79 Å². The van der Waals surface area contributed by atoms with Gasteiger partial charge < -0.3 is 10.6 Å². The number of hydrogen-bond acceptors (Lipinski definition) is 4. The van der Waals surface area contributed by atoms with Gasteiger partial charge in [-0.1, -0.05) is 25.1 Å². The summed E-state index contributed by atoms with van der Waals surface area (Å²) in [6, 6.07) is 10.3. The van der Waals surface area contributed by atoms with E-state index in [0.717, 1.165) is 18.7 Å². The van der Waals surface area contributed by atoms with E-state index in [1.165, 1.54) is 4.90 Å². The molecule has 3 atom stereocenters. The number of carbonyl (C=O) groups is 1. The van der Waals surface area contributed by atoms with Gasteiger partial charge in [0.15, 0.2) is 0 Å². The fourth-order valence-corrected chi connectivity index (χ4v) is 4.03. The lowest BCUT2D eigenvalue weighted by atomic mass is 9.90. The first-order chi connectivity index (χ1) is 11.6. The molecular weight excluding hydrogens is 320 g/mol. The van der Waals surface area contributed by atoms with Crippen LogP contribution in [0.3, 0.4) is 0 Å². The summed E-state index contributed by atoms with van der Waals surface area (Å²) in [5, 5.41) is 11.0. The first kappa shape index (κ1) is 17.0. The molecule has 5 nitrogen and oxygen atoms in total. The van der Waals surface area contributed by atoms with Crippen LogP contribution in [0.1, 0.15) is 18.4 Å². The lowest BCUT2D eigenvalue weighted by Crippen LogP contribution is -2.37. The normalized spacial score (nSPS) is 21.6. The lowest BCUT2D eigenvalue weighted by Gasteiger charge is -2.19. The topological polar surface area (TPSA) is 59.0 Å². The van der Waals surface area contributed by atoms with Crippen molar-refractivity contribution in [2.24, 2.45) is 13.0 Å². The fourth-order valence-electron chi connectivity index (χ4n) is 3.08. The highest BCUT2D eigenvalue weighted by molar-refractivity contribution is 8.00. The average Bonchev–Trinajstić information content (AvgIpc) is 3.22.